The second-order valence-corrected chi connectivity index (χ2v) is 3.11. The number of alkyl halides is 2. The van der Waals surface area contributed by atoms with Gasteiger partial charge in [0.1, 0.15) is 6.54 Å². The van der Waals surface area contributed by atoms with Crippen LogP contribution in [0.4, 0.5) is 8.78 Å². The zero-order valence-electron chi connectivity index (χ0n) is 7.97. The molecule has 8 heteroatoms. The number of rotatable bonds is 5. The molecule has 1 aromatic rings. The summed E-state index contributed by atoms with van der Waals surface area (Å²) < 4.78 is 25.0. The molecule has 1 atom stereocenters. The first-order valence-corrected chi connectivity index (χ1v) is 4.26. The number of nitrogens with zero attached hydrogens (tertiary/aromatic N) is 4. The molecule has 15 heavy (non-hydrogen) atoms. The van der Waals surface area contributed by atoms with Gasteiger partial charge in [0, 0.05) is 6.42 Å². The number of hydrogen-bond acceptors (Lipinski definition) is 4. The zero-order valence-corrected chi connectivity index (χ0v) is 7.97. The summed E-state index contributed by atoms with van der Waals surface area (Å²) in [6.45, 7) is 0.846. The van der Waals surface area contributed by atoms with E-state index in [1.54, 1.807) is 0 Å². The molecule has 0 aliphatic rings. The summed E-state index contributed by atoms with van der Waals surface area (Å²) in [6.07, 6.45) is -2.53. The minimum Gasteiger partial charge on any atom is -0.481 e. The Morgan fingerprint density at radius 1 is 1.60 bits per heavy atom. The van der Waals surface area contributed by atoms with Gasteiger partial charge in [0.2, 0.25) is 0 Å². The van der Waals surface area contributed by atoms with Gasteiger partial charge < -0.3 is 5.11 Å². The van der Waals surface area contributed by atoms with Crippen molar-refractivity contribution < 1.29 is 18.7 Å². The number of carboxylic acid groups (broad SMARTS) is 1. The number of aliphatic carboxylic acids is 1. The second kappa shape index (κ2) is 4.76. The number of halogens is 2. The van der Waals surface area contributed by atoms with E-state index in [1.807, 2.05) is 0 Å². The first kappa shape index (κ1) is 11.5. The van der Waals surface area contributed by atoms with Crippen molar-refractivity contribution in [3.05, 3.63) is 5.82 Å². The highest BCUT2D eigenvalue weighted by Gasteiger charge is 2.18. The molecule has 0 aliphatic carbocycles. The number of carboxylic acids is 1. The van der Waals surface area contributed by atoms with Gasteiger partial charge in [0.15, 0.2) is 5.82 Å². The normalized spacial score (nSPS) is 13.1. The van der Waals surface area contributed by atoms with Crippen LogP contribution in [0.1, 0.15) is 12.7 Å². The quantitative estimate of drug-likeness (QED) is 0.766. The molecule has 0 bridgehead atoms. The Bertz CT molecular complexity index is 341. The van der Waals surface area contributed by atoms with Gasteiger partial charge in [-0.2, -0.15) is 0 Å². The molecule has 0 saturated heterocycles. The summed E-state index contributed by atoms with van der Waals surface area (Å²) in [6, 6.07) is 0. The van der Waals surface area contributed by atoms with Crippen molar-refractivity contribution in [3.8, 4) is 0 Å². The van der Waals surface area contributed by atoms with Gasteiger partial charge in [-0.1, -0.05) is 6.92 Å². The van der Waals surface area contributed by atoms with Crippen LogP contribution in [0.3, 0.4) is 0 Å². The predicted octanol–water partition coefficient (Wildman–Crippen LogP) is 0.201. The highest BCUT2D eigenvalue weighted by Crippen LogP contribution is 2.06. The van der Waals surface area contributed by atoms with Crippen LogP contribution in [-0.2, 0) is 17.8 Å². The molecule has 0 spiro atoms. The van der Waals surface area contributed by atoms with Crippen molar-refractivity contribution in [3.63, 3.8) is 0 Å². The molecular formula is C7H10F2N4O2. The van der Waals surface area contributed by atoms with Crippen LogP contribution in [0, 0.1) is 5.92 Å². The van der Waals surface area contributed by atoms with E-state index in [1.165, 1.54) is 6.92 Å². The van der Waals surface area contributed by atoms with Crippen LogP contribution >= 0.6 is 0 Å². The molecule has 1 heterocycles. The molecular weight excluding hydrogens is 210 g/mol. The van der Waals surface area contributed by atoms with Crippen molar-refractivity contribution in [2.75, 3.05) is 0 Å². The fourth-order valence-electron chi connectivity index (χ4n) is 1.00. The maximum atomic E-state index is 12.0. The molecule has 6 nitrogen and oxygen atoms in total. The smallest absolute Gasteiger partial charge is 0.306 e. The van der Waals surface area contributed by atoms with Crippen LogP contribution in [0.15, 0.2) is 0 Å². The number of carbonyl (C=O) groups is 1. The lowest BCUT2D eigenvalue weighted by Crippen LogP contribution is -2.18. The van der Waals surface area contributed by atoms with Crippen molar-refractivity contribution in [2.45, 2.75) is 26.3 Å². The van der Waals surface area contributed by atoms with Crippen LogP contribution in [0.25, 0.3) is 0 Å². The van der Waals surface area contributed by atoms with Crippen LogP contribution in [-0.4, -0.2) is 37.7 Å². The van der Waals surface area contributed by atoms with Gasteiger partial charge >= 0.3 is 5.97 Å². The fraction of sp³-hybridized carbons (Fsp3) is 0.714. The Morgan fingerprint density at radius 3 is 2.80 bits per heavy atom. The third-order valence-corrected chi connectivity index (χ3v) is 1.83. The lowest BCUT2D eigenvalue weighted by Gasteiger charge is -2.06. The highest BCUT2D eigenvalue weighted by molar-refractivity contribution is 5.69. The third kappa shape index (κ3) is 3.22. The zero-order chi connectivity index (χ0) is 11.4. The maximum absolute atomic E-state index is 12.0. The van der Waals surface area contributed by atoms with E-state index in [0.29, 0.717) is 0 Å². The van der Waals surface area contributed by atoms with E-state index in [0.717, 1.165) is 4.68 Å². The van der Waals surface area contributed by atoms with Crippen LogP contribution in [0.5, 0.6) is 0 Å². The summed E-state index contributed by atoms with van der Waals surface area (Å²) in [5.41, 5.74) is 0. The molecule has 1 aromatic heterocycles. The van der Waals surface area contributed by atoms with E-state index in [4.69, 9.17) is 5.11 Å². The van der Waals surface area contributed by atoms with E-state index >= 15 is 0 Å². The molecule has 1 unspecified atom stereocenters. The van der Waals surface area contributed by atoms with Crippen molar-refractivity contribution in [1.82, 2.24) is 20.2 Å². The van der Waals surface area contributed by atoms with Gasteiger partial charge in [0.25, 0.3) is 6.43 Å². The lowest BCUT2D eigenvalue weighted by atomic mass is 10.1. The summed E-state index contributed by atoms with van der Waals surface area (Å²) in [5, 5.41) is 18.7. The number of aromatic nitrogens is 4. The molecule has 1 rings (SSSR count). The van der Waals surface area contributed by atoms with Crippen molar-refractivity contribution >= 4 is 5.97 Å². The van der Waals surface area contributed by atoms with Crippen LogP contribution < -0.4 is 0 Å². The molecule has 0 radical (unpaired) electrons. The average molecular weight is 220 g/mol. The third-order valence-electron chi connectivity index (χ3n) is 1.83. The van der Waals surface area contributed by atoms with Crippen LogP contribution in [0.2, 0.25) is 0 Å². The maximum Gasteiger partial charge on any atom is 0.306 e. The second-order valence-electron chi connectivity index (χ2n) is 3.11. The molecule has 0 aliphatic heterocycles. The van der Waals surface area contributed by atoms with Gasteiger partial charge in [-0.05, 0) is 10.4 Å². The van der Waals surface area contributed by atoms with E-state index in [9.17, 15) is 13.6 Å². The topological polar surface area (TPSA) is 80.9 Å². The summed E-state index contributed by atoms with van der Waals surface area (Å²) in [5.74, 6) is -1.56. The summed E-state index contributed by atoms with van der Waals surface area (Å²) in [7, 11) is 0. The first-order chi connectivity index (χ1) is 7.00. The van der Waals surface area contributed by atoms with Gasteiger partial charge in [-0.15, -0.1) is 5.10 Å². The molecule has 0 amide bonds. The number of tetrazole rings is 1. The molecule has 0 fully saturated rings. The van der Waals surface area contributed by atoms with E-state index in [2.05, 4.69) is 15.5 Å². The Labute approximate surface area is 83.9 Å². The fourth-order valence-corrected chi connectivity index (χ4v) is 1.00. The molecule has 84 valence electrons. The largest absolute Gasteiger partial charge is 0.481 e. The minimum absolute atomic E-state index is 0.0368. The predicted molar refractivity (Wildman–Crippen MR) is 44.3 cm³/mol. The Kier molecular flexibility index (Phi) is 3.64. The Morgan fingerprint density at radius 2 is 2.27 bits per heavy atom. The molecule has 0 aromatic carbocycles. The first-order valence-electron chi connectivity index (χ1n) is 4.26. The Balaban J connectivity index is 2.68. The van der Waals surface area contributed by atoms with Gasteiger partial charge in [-0.3, -0.25) is 4.79 Å². The molecule has 0 saturated carbocycles. The SMILES string of the molecule is CC(Cc1nnnn1CC(F)F)C(=O)O. The van der Waals surface area contributed by atoms with Gasteiger partial charge in [-0.25, -0.2) is 13.5 Å². The van der Waals surface area contributed by atoms with Crippen molar-refractivity contribution in [1.29, 1.82) is 0 Å². The highest BCUT2D eigenvalue weighted by atomic mass is 19.3. The monoisotopic (exact) mass is 220 g/mol. The van der Waals surface area contributed by atoms with Gasteiger partial charge in [0.05, 0.1) is 5.92 Å². The van der Waals surface area contributed by atoms with E-state index < -0.39 is 24.9 Å². The van der Waals surface area contributed by atoms with Crippen molar-refractivity contribution in [2.24, 2.45) is 5.92 Å². The van der Waals surface area contributed by atoms with E-state index in [-0.39, 0.29) is 12.2 Å². The number of hydrogen-bond donors (Lipinski definition) is 1. The minimum atomic E-state index is -2.56. The lowest BCUT2D eigenvalue weighted by molar-refractivity contribution is -0.141. The summed E-state index contributed by atoms with van der Waals surface area (Å²) >= 11 is 0. The Hall–Kier alpha value is -1.60. The summed E-state index contributed by atoms with van der Waals surface area (Å²) in [4.78, 5) is 10.5. The standard InChI is InChI=1S/C7H10F2N4O2/c1-4(7(14)15)2-6-10-11-12-13(6)3-5(8)9/h4-5H,2-3H2,1H3,(H,14,15). The average Bonchev–Trinajstić information content (AvgIpc) is 2.51. The molecule has 1 N–H and O–H groups in total.